The first kappa shape index (κ1) is 17.8. The molecule has 0 unspecified atom stereocenters. The monoisotopic (exact) mass is 407 g/mol. The minimum absolute atomic E-state index is 0.203. The van der Waals surface area contributed by atoms with Crippen LogP contribution in [0.25, 0.3) is 0 Å². The van der Waals surface area contributed by atoms with Gasteiger partial charge in [-0.1, -0.05) is 15.9 Å². The topological polar surface area (TPSA) is 63.7 Å². The highest BCUT2D eigenvalue weighted by molar-refractivity contribution is 9.10. The van der Waals surface area contributed by atoms with Gasteiger partial charge in [-0.05, 0) is 37.6 Å². The molecule has 1 aliphatic heterocycles. The number of ether oxygens (including phenoxy) is 1. The van der Waals surface area contributed by atoms with Crippen LogP contribution < -0.4 is 0 Å². The fraction of sp³-hybridized carbons (Fsp3) is 0.500. The summed E-state index contributed by atoms with van der Waals surface area (Å²) in [6.07, 6.45) is 0. The van der Waals surface area contributed by atoms with Crippen LogP contribution in [0.1, 0.15) is 12.5 Å². The maximum absolute atomic E-state index is 12.9. The summed E-state index contributed by atoms with van der Waals surface area (Å²) in [7, 11) is -3.72. The van der Waals surface area contributed by atoms with Crippen molar-refractivity contribution in [2.75, 3.05) is 24.7 Å². The lowest BCUT2D eigenvalue weighted by Crippen LogP contribution is -2.50. The molecule has 0 amide bonds. The number of halogens is 1. The molecule has 1 atom stereocenters. The van der Waals surface area contributed by atoms with Crippen molar-refractivity contribution < 1.29 is 17.9 Å². The second-order valence-electron chi connectivity index (χ2n) is 4.87. The fourth-order valence-corrected chi connectivity index (χ4v) is 5.37. The molecule has 1 heterocycles. The van der Waals surface area contributed by atoms with E-state index in [0.717, 1.165) is 10.0 Å². The zero-order chi connectivity index (χ0) is 16.3. The Morgan fingerprint density at radius 2 is 2.23 bits per heavy atom. The first-order chi connectivity index (χ1) is 10.4. The van der Waals surface area contributed by atoms with Gasteiger partial charge in [0, 0.05) is 22.5 Å². The first-order valence-corrected chi connectivity index (χ1v) is 10.3. The van der Waals surface area contributed by atoms with Gasteiger partial charge >= 0.3 is 5.97 Å². The average molecular weight is 408 g/mol. The Hall–Kier alpha value is -0.570. The molecule has 0 N–H and O–H groups in total. The Morgan fingerprint density at radius 1 is 1.50 bits per heavy atom. The lowest BCUT2D eigenvalue weighted by Gasteiger charge is -2.32. The van der Waals surface area contributed by atoms with Crippen molar-refractivity contribution in [2.24, 2.45) is 0 Å². The van der Waals surface area contributed by atoms with Gasteiger partial charge in [-0.3, -0.25) is 4.79 Å². The van der Waals surface area contributed by atoms with Gasteiger partial charge in [0.1, 0.15) is 6.04 Å². The molecule has 0 bridgehead atoms. The predicted octanol–water partition coefficient (Wildman–Crippen LogP) is 2.43. The number of benzene rings is 1. The molecule has 0 aliphatic carbocycles. The predicted molar refractivity (Wildman–Crippen MR) is 90.5 cm³/mol. The molecule has 22 heavy (non-hydrogen) atoms. The summed E-state index contributed by atoms with van der Waals surface area (Å²) >= 11 is 4.93. The summed E-state index contributed by atoms with van der Waals surface area (Å²) in [5.74, 6) is 0.616. The van der Waals surface area contributed by atoms with Gasteiger partial charge in [0.25, 0.3) is 0 Å². The number of carbonyl (C=O) groups is 1. The lowest BCUT2D eigenvalue weighted by atomic mass is 10.2. The molecular weight excluding hydrogens is 390 g/mol. The highest BCUT2D eigenvalue weighted by atomic mass is 79.9. The smallest absolute Gasteiger partial charge is 0.325 e. The molecular formula is C14H18BrNO4S2. The molecule has 0 aromatic heterocycles. The summed E-state index contributed by atoms with van der Waals surface area (Å²) in [5.41, 5.74) is 0.833. The van der Waals surface area contributed by atoms with Crippen molar-refractivity contribution in [3.63, 3.8) is 0 Å². The van der Waals surface area contributed by atoms with Gasteiger partial charge in [0.05, 0.1) is 11.5 Å². The van der Waals surface area contributed by atoms with Crippen LogP contribution >= 0.6 is 27.7 Å². The van der Waals surface area contributed by atoms with E-state index in [-0.39, 0.29) is 11.5 Å². The van der Waals surface area contributed by atoms with E-state index >= 15 is 0 Å². The van der Waals surface area contributed by atoms with Crippen LogP contribution in [0, 0.1) is 6.92 Å². The Balaban J connectivity index is 2.36. The summed E-state index contributed by atoms with van der Waals surface area (Å²) in [4.78, 5) is 12.3. The van der Waals surface area contributed by atoms with Crippen LogP contribution in [-0.2, 0) is 19.6 Å². The SMILES string of the molecule is CCOC(=O)[C@H]1CSCCN1S(=O)(=O)c1ccc(Br)c(C)c1. The quantitative estimate of drug-likeness (QED) is 0.717. The highest BCUT2D eigenvalue weighted by Gasteiger charge is 2.38. The summed E-state index contributed by atoms with van der Waals surface area (Å²) in [5, 5.41) is 0. The van der Waals surface area contributed by atoms with Crippen molar-refractivity contribution in [1.82, 2.24) is 4.31 Å². The molecule has 2 rings (SSSR count). The molecule has 0 spiro atoms. The Kier molecular flexibility index (Phi) is 5.93. The van der Waals surface area contributed by atoms with Crippen LogP contribution in [0.3, 0.4) is 0 Å². The largest absolute Gasteiger partial charge is 0.465 e. The van der Waals surface area contributed by atoms with Crippen LogP contribution in [-0.4, -0.2) is 49.4 Å². The molecule has 8 heteroatoms. The standard InChI is InChI=1S/C14H18BrNO4S2/c1-3-20-14(17)13-9-21-7-6-16(13)22(18,19)11-4-5-12(15)10(2)8-11/h4-5,8,13H,3,6-7,9H2,1-2H3/t13-/m1/s1. The van der Waals surface area contributed by atoms with Crippen LogP contribution in [0.2, 0.25) is 0 Å². The molecule has 1 aliphatic rings. The third-order valence-corrected chi connectivity index (χ3v) is 7.19. The zero-order valence-corrected chi connectivity index (χ0v) is 15.6. The number of rotatable bonds is 4. The summed E-state index contributed by atoms with van der Waals surface area (Å²) < 4.78 is 32.9. The van der Waals surface area contributed by atoms with Crippen molar-refractivity contribution in [1.29, 1.82) is 0 Å². The van der Waals surface area contributed by atoms with Crippen molar-refractivity contribution in [3.8, 4) is 0 Å². The molecule has 1 fully saturated rings. The molecule has 1 aromatic rings. The Morgan fingerprint density at radius 3 is 2.86 bits per heavy atom. The van der Waals surface area contributed by atoms with E-state index in [1.54, 1.807) is 36.9 Å². The molecule has 1 aromatic carbocycles. The van der Waals surface area contributed by atoms with Crippen molar-refractivity contribution in [2.45, 2.75) is 24.8 Å². The number of thioether (sulfide) groups is 1. The average Bonchev–Trinajstić information content (AvgIpc) is 2.50. The van der Waals surface area contributed by atoms with Crippen LogP contribution in [0.4, 0.5) is 0 Å². The van der Waals surface area contributed by atoms with E-state index in [1.165, 1.54) is 4.31 Å². The number of aryl methyl sites for hydroxylation is 1. The van der Waals surface area contributed by atoms with E-state index in [9.17, 15) is 13.2 Å². The lowest BCUT2D eigenvalue weighted by molar-refractivity contribution is -0.146. The minimum Gasteiger partial charge on any atom is -0.465 e. The van der Waals surface area contributed by atoms with Gasteiger partial charge in [-0.2, -0.15) is 16.1 Å². The van der Waals surface area contributed by atoms with E-state index < -0.39 is 22.0 Å². The number of hydrogen-bond donors (Lipinski definition) is 0. The first-order valence-electron chi connectivity index (χ1n) is 6.90. The van der Waals surface area contributed by atoms with Crippen molar-refractivity contribution in [3.05, 3.63) is 28.2 Å². The molecule has 0 radical (unpaired) electrons. The summed E-state index contributed by atoms with van der Waals surface area (Å²) in [6.45, 7) is 4.10. The second kappa shape index (κ2) is 7.33. The number of nitrogens with zero attached hydrogens (tertiary/aromatic N) is 1. The Bertz CT molecular complexity index is 663. The normalized spacial score (nSPS) is 19.9. The number of esters is 1. The third-order valence-electron chi connectivity index (χ3n) is 3.37. The van der Waals surface area contributed by atoms with Crippen LogP contribution in [0.5, 0.6) is 0 Å². The van der Waals surface area contributed by atoms with Gasteiger partial charge in [-0.25, -0.2) is 8.42 Å². The van der Waals surface area contributed by atoms with Gasteiger partial charge < -0.3 is 4.74 Å². The maximum Gasteiger partial charge on any atom is 0.325 e. The molecule has 122 valence electrons. The maximum atomic E-state index is 12.9. The Labute approximate surface area is 143 Å². The van der Waals surface area contributed by atoms with Crippen molar-refractivity contribution >= 4 is 43.7 Å². The molecule has 1 saturated heterocycles. The van der Waals surface area contributed by atoms with Gasteiger partial charge in [0.15, 0.2) is 0 Å². The van der Waals surface area contributed by atoms with E-state index in [0.29, 0.717) is 18.1 Å². The van der Waals surface area contributed by atoms with Crippen LogP contribution in [0.15, 0.2) is 27.6 Å². The van der Waals surface area contributed by atoms with E-state index in [4.69, 9.17) is 4.74 Å². The number of hydrogen-bond acceptors (Lipinski definition) is 5. The highest BCUT2D eigenvalue weighted by Crippen LogP contribution is 2.27. The molecule has 5 nitrogen and oxygen atoms in total. The summed E-state index contributed by atoms with van der Waals surface area (Å²) in [6, 6.07) is 4.12. The minimum atomic E-state index is -3.72. The second-order valence-corrected chi connectivity index (χ2v) is 8.76. The number of carbonyl (C=O) groups excluding carboxylic acids is 1. The fourth-order valence-electron chi connectivity index (χ4n) is 2.21. The zero-order valence-electron chi connectivity index (χ0n) is 12.4. The number of sulfonamides is 1. The van der Waals surface area contributed by atoms with E-state index in [1.807, 2.05) is 6.92 Å². The van der Waals surface area contributed by atoms with Gasteiger partial charge in [-0.15, -0.1) is 0 Å². The van der Waals surface area contributed by atoms with Gasteiger partial charge in [0.2, 0.25) is 10.0 Å². The molecule has 0 saturated carbocycles. The van der Waals surface area contributed by atoms with E-state index in [2.05, 4.69) is 15.9 Å². The third kappa shape index (κ3) is 3.67.